The lowest BCUT2D eigenvalue weighted by Gasteiger charge is -2.40. The Bertz CT molecular complexity index is 279. The highest BCUT2D eigenvalue weighted by Gasteiger charge is 2.49. The third kappa shape index (κ3) is 1.95. The van der Waals surface area contributed by atoms with Gasteiger partial charge in [-0.1, -0.05) is 0 Å². The molecule has 1 saturated heterocycles. The van der Waals surface area contributed by atoms with Crippen LogP contribution < -0.4 is 5.32 Å². The van der Waals surface area contributed by atoms with Gasteiger partial charge in [0.25, 0.3) is 0 Å². The van der Waals surface area contributed by atoms with Gasteiger partial charge in [0.15, 0.2) is 0 Å². The number of carbonyl (C=O) groups is 1. The number of carbonyl (C=O) groups excluding carboxylic acids is 1. The van der Waals surface area contributed by atoms with Crippen LogP contribution in [0.25, 0.3) is 0 Å². The van der Waals surface area contributed by atoms with Crippen molar-refractivity contribution in [2.24, 2.45) is 11.8 Å². The molecule has 2 rings (SSSR count). The lowest BCUT2D eigenvalue weighted by Crippen LogP contribution is -2.54. The molecule has 15 heavy (non-hydrogen) atoms. The molecule has 1 heterocycles. The lowest BCUT2D eigenvalue weighted by atomic mass is 9.71. The number of rotatable bonds is 1. The third-order valence-electron chi connectivity index (χ3n) is 3.32. The summed E-state index contributed by atoms with van der Waals surface area (Å²) in [6.07, 6.45) is -4.08. The predicted molar refractivity (Wildman–Crippen MR) is 47.1 cm³/mol. The molecule has 0 bridgehead atoms. The van der Waals surface area contributed by atoms with Crippen LogP contribution in [0.3, 0.4) is 0 Å². The fourth-order valence-corrected chi connectivity index (χ4v) is 2.55. The SMILES string of the molecule is CN1CC2CC(NC(=O)C(F)(F)F)C2C1. The first-order chi connectivity index (χ1) is 6.88. The Morgan fingerprint density at radius 3 is 2.60 bits per heavy atom. The fourth-order valence-electron chi connectivity index (χ4n) is 2.55. The average Bonchev–Trinajstić information content (AvgIpc) is 2.37. The molecule has 0 aromatic carbocycles. The molecule has 1 aliphatic carbocycles. The zero-order valence-corrected chi connectivity index (χ0v) is 8.34. The molecular formula is C9H13F3N2O. The van der Waals surface area contributed by atoms with Gasteiger partial charge < -0.3 is 10.2 Å². The second-order valence-electron chi connectivity index (χ2n) is 4.46. The van der Waals surface area contributed by atoms with Crippen LogP contribution in [0.4, 0.5) is 13.2 Å². The molecule has 1 amide bonds. The number of halogens is 3. The summed E-state index contributed by atoms with van der Waals surface area (Å²) < 4.78 is 35.9. The maximum atomic E-state index is 12.0. The first-order valence-electron chi connectivity index (χ1n) is 4.94. The monoisotopic (exact) mass is 222 g/mol. The molecule has 0 aromatic heterocycles. The number of amides is 1. The van der Waals surface area contributed by atoms with Gasteiger partial charge in [-0.25, -0.2) is 0 Å². The number of nitrogens with zero attached hydrogens (tertiary/aromatic N) is 1. The van der Waals surface area contributed by atoms with Crippen LogP contribution in [0, 0.1) is 11.8 Å². The van der Waals surface area contributed by atoms with E-state index in [4.69, 9.17) is 0 Å². The van der Waals surface area contributed by atoms with E-state index in [2.05, 4.69) is 10.2 Å². The summed E-state index contributed by atoms with van der Waals surface area (Å²) in [5.41, 5.74) is 0. The van der Waals surface area contributed by atoms with E-state index >= 15 is 0 Å². The average molecular weight is 222 g/mol. The highest BCUT2D eigenvalue weighted by atomic mass is 19.4. The number of hydrogen-bond donors (Lipinski definition) is 1. The van der Waals surface area contributed by atoms with Crippen LogP contribution in [0.2, 0.25) is 0 Å². The molecule has 1 N–H and O–H groups in total. The molecule has 3 nitrogen and oxygen atoms in total. The molecule has 6 heteroatoms. The van der Waals surface area contributed by atoms with Gasteiger partial charge in [0, 0.05) is 19.1 Å². The van der Waals surface area contributed by atoms with Crippen molar-refractivity contribution in [3.05, 3.63) is 0 Å². The minimum Gasteiger partial charge on any atom is -0.345 e. The highest BCUT2D eigenvalue weighted by Crippen LogP contribution is 2.40. The summed E-state index contributed by atoms with van der Waals surface area (Å²) in [6, 6.07) is -0.283. The van der Waals surface area contributed by atoms with Gasteiger partial charge in [-0.05, 0) is 25.3 Å². The first kappa shape index (κ1) is 10.7. The van der Waals surface area contributed by atoms with Crippen molar-refractivity contribution in [2.75, 3.05) is 20.1 Å². The summed E-state index contributed by atoms with van der Waals surface area (Å²) in [7, 11) is 1.95. The second kappa shape index (κ2) is 3.37. The number of alkyl halides is 3. The molecule has 0 spiro atoms. The van der Waals surface area contributed by atoms with Crippen LogP contribution >= 0.6 is 0 Å². The summed E-state index contributed by atoms with van der Waals surface area (Å²) >= 11 is 0. The van der Waals surface area contributed by atoms with E-state index in [-0.39, 0.29) is 12.0 Å². The number of hydrogen-bond acceptors (Lipinski definition) is 2. The lowest BCUT2D eigenvalue weighted by molar-refractivity contribution is -0.175. The minimum atomic E-state index is -4.75. The van der Waals surface area contributed by atoms with Crippen LogP contribution in [-0.4, -0.2) is 43.2 Å². The molecule has 0 aromatic rings. The van der Waals surface area contributed by atoms with E-state index in [9.17, 15) is 18.0 Å². The summed E-state index contributed by atoms with van der Waals surface area (Å²) in [5, 5.41) is 2.06. The van der Waals surface area contributed by atoms with E-state index in [1.807, 2.05) is 7.05 Å². The third-order valence-corrected chi connectivity index (χ3v) is 3.32. The molecule has 3 unspecified atom stereocenters. The van der Waals surface area contributed by atoms with Crippen molar-refractivity contribution in [2.45, 2.75) is 18.6 Å². The quantitative estimate of drug-likeness (QED) is 0.705. The van der Waals surface area contributed by atoms with Crippen LogP contribution in [0.5, 0.6) is 0 Å². The normalized spacial score (nSPS) is 35.9. The van der Waals surface area contributed by atoms with Gasteiger partial charge in [-0.3, -0.25) is 4.79 Å². The molecule has 1 saturated carbocycles. The van der Waals surface area contributed by atoms with Crippen molar-refractivity contribution >= 4 is 5.91 Å². The van der Waals surface area contributed by atoms with Gasteiger partial charge in [0.2, 0.25) is 0 Å². The number of likely N-dealkylation sites (tertiary alicyclic amines) is 1. The summed E-state index contributed by atoms with van der Waals surface area (Å²) in [4.78, 5) is 12.8. The van der Waals surface area contributed by atoms with E-state index < -0.39 is 12.1 Å². The Hall–Kier alpha value is -0.780. The summed E-state index contributed by atoms with van der Waals surface area (Å²) in [6.45, 7) is 1.72. The molecular weight excluding hydrogens is 209 g/mol. The maximum Gasteiger partial charge on any atom is 0.471 e. The van der Waals surface area contributed by atoms with Crippen molar-refractivity contribution < 1.29 is 18.0 Å². The van der Waals surface area contributed by atoms with Gasteiger partial charge in [-0.15, -0.1) is 0 Å². The first-order valence-corrected chi connectivity index (χ1v) is 4.94. The molecule has 2 aliphatic rings. The standard InChI is InChI=1S/C9H13F3N2O/c1-14-3-5-2-7(6(5)4-14)13-8(15)9(10,11)12/h5-7H,2-4H2,1H3,(H,13,15). The minimum absolute atomic E-state index is 0.210. The van der Waals surface area contributed by atoms with Crippen molar-refractivity contribution in [3.63, 3.8) is 0 Å². The van der Waals surface area contributed by atoms with Gasteiger partial charge >= 0.3 is 12.1 Å². The van der Waals surface area contributed by atoms with E-state index in [0.29, 0.717) is 12.3 Å². The van der Waals surface area contributed by atoms with Gasteiger partial charge in [0.1, 0.15) is 0 Å². The Balaban J connectivity index is 1.86. The smallest absolute Gasteiger partial charge is 0.345 e. The molecule has 1 aliphatic heterocycles. The Morgan fingerprint density at radius 2 is 2.07 bits per heavy atom. The Labute approximate surface area is 85.6 Å². The largest absolute Gasteiger partial charge is 0.471 e. The molecule has 2 fully saturated rings. The molecule has 3 atom stereocenters. The zero-order valence-electron chi connectivity index (χ0n) is 8.34. The Kier molecular flexibility index (Phi) is 2.41. The van der Waals surface area contributed by atoms with Crippen molar-refractivity contribution in [3.8, 4) is 0 Å². The molecule has 86 valence electrons. The predicted octanol–water partition coefficient (Wildman–Crippen LogP) is 0.615. The van der Waals surface area contributed by atoms with Gasteiger partial charge in [0.05, 0.1) is 0 Å². The van der Waals surface area contributed by atoms with Crippen molar-refractivity contribution in [1.82, 2.24) is 10.2 Å². The topological polar surface area (TPSA) is 32.3 Å². The van der Waals surface area contributed by atoms with Gasteiger partial charge in [-0.2, -0.15) is 13.2 Å². The summed E-state index contributed by atoms with van der Waals surface area (Å²) in [5.74, 6) is -1.13. The fraction of sp³-hybridized carbons (Fsp3) is 0.889. The number of nitrogens with one attached hydrogen (secondary N) is 1. The van der Waals surface area contributed by atoms with E-state index in [0.717, 1.165) is 13.1 Å². The molecule has 0 radical (unpaired) electrons. The Morgan fingerprint density at radius 1 is 1.40 bits per heavy atom. The van der Waals surface area contributed by atoms with Crippen LogP contribution in [0.1, 0.15) is 6.42 Å². The van der Waals surface area contributed by atoms with E-state index in [1.54, 1.807) is 0 Å². The maximum absolute atomic E-state index is 12.0. The van der Waals surface area contributed by atoms with E-state index in [1.165, 1.54) is 0 Å². The van der Waals surface area contributed by atoms with Crippen LogP contribution in [0.15, 0.2) is 0 Å². The highest BCUT2D eigenvalue weighted by molar-refractivity contribution is 5.82. The zero-order chi connectivity index (χ0) is 11.2. The van der Waals surface area contributed by atoms with Crippen molar-refractivity contribution in [1.29, 1.82) is 0 Å². The second-order valence-corrected chi connectivity index (χ2v) is 4.46. The number of fused-ring (bicyclic) bond motifs is 1. The van der Waals surface area contributed by atoms with Crippen LogP contribution in [-0.2, 0) is 4.79 Å².